The van der Waals surface area contributed by atoms with Gasteiger partial charge in [-0.25, -0.2) is 9.37 Å². The number of hydrogen-bond acceptors (Lipinski definition) is 2. The average molecular weight is 202 g/mol. The first-order valence-electron chi connectivity index (χ1n) is 4.52. The van der Waals surface area contributed by atoms with Gasteiger partial charge in [-0.2, -0.15) is 0 Å². The maximum Gasteiger partial charge on any atom is 0.173 e. The highest BCUT2D eigenvalue weighted by Crippen LogP contribution is 2.20. The molecule has 0 spiro atoms. The lowest BCUT2D eigenvalue weighted by molar-refractivity contribution is 0.580. The lowest BCUT2D eigenvalue weighted by atomic mass is 10.4. The lowest BCUT2D eigenvalue weighted by Gasteiger charge is -1.90. The van der Waals surface area contributed by atoms with E-state index in [0.717, 1.165) is 0 Å². The number of nitrogens with zero attached hydrogens (tertiary/aromatic N) is 2. The van der Waals surface area contributed by atoms with Gasteiger partial charge < -0.3 is 8.82 Å². The molecule has 0 atom stereocenters. The summed E-state index contributed by atoms with van der Waals surface area (Å²) in [5.74, 6) is 0.299. The van der Waals surface area contributed by atoms with E-state index in [1.165, 1.54) is 6.07 Å². The van der Waals surface area contributed by atoms with Gasteiger partial charge >= 0.3 is 0 Å². The van der Waals surface area contributed by atoms with E-state index in [2.05, 4.69) is 4.98 Å². The molecule has 0 unspecified atom stereocenters. The zero-order chi connectivity index (χ0) is 10.3. The number of furan rings is 1. The van der Waals surface area contributed by atoms with Crippen molar-refractivity contribution in [1.29, 1.82) is 0 Å². The summed E-state index contributed by atoms with van der Waals surface area (Å²) in [7, 11) is 0. The predicted molar refractivity (Wildman–Crippen MR) is 52.9 cm³/mol. The molecule has 3 aromatic heterocycles. The second-order valence-electron chi connectivity index (χ2n) is 3.19. The summed E-state index contributed by atoms with van der Waals surface area (Å²) in [6.07, 6.45) is 5.05. The van der Waals surface area contributed by atoms with Gasteiger partial charge in [0.15, 0.2) is 17.2 Å². The van der Waals surface area contributed by atoms with Crippen LogP contribution in [0.1, 0.15) is 0 Å². The number of fused-ring (bicyclic) bond motifs is 1. The van der Waals surface area contributed by atoms with E-state index in [9.17, 15) is 4.39 Å². The number of hydrogen-bond donors (Lipinski definition) is 0. The molecular formula is C11H7FN2O. The van der Waals surface area contributed by atoms with Crippen molar-refractivity contribution in [3.63, 3.8) is 0 Å². The maximum atomic E-state index is 13.3. The number of aromatic nitrogens is 2. The molecule has 0 aliphatic carbocycles. The van der Waals surface area contributed by atoms with Gasteiger partial charge in [0.05, 0.1) is 6.26 Å². The Morgan fingerprint density at radius 2 is 2.20 bits per heavy atom. The van der Waals surface area contributed by atoms with Crippen molar-refractivity contribution in [2.45, 2.75) is 0 Å². The third kappa shape index (κ3) is 1.22. The van der Waals surface area contributed by atoms with Crippen LogP contribution in [-0.4, -0.2) is 9.38 Å². The molecule has 3 rings (SSSR count). The fourth-order valence-electron chi connectivity index (χ4n) is 1.52. The first-order valence-corrected chi connectivity index (χ1v) is 4.52. The van der Waals surface area contributed by atoms with Crippen molar-refractivity contribution < 1.29 is 8.81 Å². The Hall–Kier alpha value is -2.10. The quantitative estimate of drug-likeness (QED) is 0.607. The van der Waals surface area contributed by atoms with E-state index in [1.54, 1.807) is 41.3 Å². The minimum Gasteiger partial charge on any atom is -0.463 e. The molecular weight excluding hydrogens is 195 g/mol. The van der Waals surface area contributed by atoms with Crippen LogP contribution in [0.2, 0.25) is 0 Å². The summed E-state index contributed by atoms with van der Waals surface area (Å²) in [5.41, 5.74) is 0.939. The lowest BCUT2D eigenvalue weighted by Crippen LogP contribution is -1.84. The normalized spacial score (nSPS) is 11.0. The van der Waals surface area contributed by atoms with Crippen LogP contribution in [-0.2, 0) is 0 Å². The Balaban J connectivity index is 2.27. The molecule has 0 bridgehead atoms. The molecule has 3 heterocycles. The molecule has 74 valence electrons. The summed E-state index contributed by atoms with van der Waals surface area (Å²) in [4.78, 5) is 4.15. The van der Waals surface area contributed by atoms with E-state index in [0.29, 0.717) is 17.1 Å². The Labute approximate surface area is 84.8 Å². The van der Waals surface area contributed by atoms with Crippen LogP contribution >= 0.6 is 0 Å². The third-order valence-electron chi connectivity index (χ3n) is 2.21. The molecule has 0 aliphatic heterocycles. The van der Waals surface area contributed by atoms with Crippen LogP contribution < -0.4 is 0 Å². The average Bonchev–Trinajstić information content (AvgIpc) is 2.86. The van der Waals surface area contributed by atoms with Crippen molar-refractivity contribution in [2.24, 2.45) is 0 Å². The first kappa shape index (κ1) is 8.23. The minimum atomic E-state index is -0.338. The zero-order valence-corrected chi connectivity index (χ0v) is 7.72. The van der Waals surface area contributed by atoms with E-state index in [-0.39, 0.29) is 5.82 Å². The van der Waals surface area contributed by atoms with Gasteiger partial charge in [0.2, 0.25) is 0 Å². The Morgan fingerprint density at radius 1 is 1.27 bits per heavy atom. The van der Waals surface area contributed by atoms with Crippen LogP contribution in [0.15, 0.2) is 47.3 Å². The van der Waals surface area contributed by atoms with Gasteiger partial charge in [-0.05, 0) is 24.3 Å². The second kappa shape index (κ2) is 2.95. The second-order valence-corrected chi connectivity index (χ2v) is 3.19. The molecule has 0 saturated heterocycles. The largest absolute Gasteiger partial charge is 0.463 e. The monoisotopic (exact) mass is 202 g/mol. The van der Waals surface area contributed by atoms with E-state index in [4.69, 9.17) is 4.42 Å². The number of halogens is 1. The van der Waals surface area contributed by atoms with Crippen LogP contribution in [0, 0.1) is 5.82 Å². The molecule has 0 N–H and O–H groups in total. The zero-order valence-electron chi connectivity index (χ0n) is 7.72. The first-order chi connectivity index (χ1) is 7.34. The van der Waals surface area contributed by atoms with Crippen LogP contribution in [0.3, 0.4) is 0 Å². The van der Waals surface area contributed by atoms with Gasteiger partial charge in [-0.3, -0.25) is 0 Å². The van der Waals surface area contributed by atoms with Gasteiger partial charge in [-0.1, -0.05) is 0 Å². The van der Waals surface area contributed by atoms with Crippen LogP contribution in [0.25, 0.3) is 17.1 Å². The van der Waals surface area contributed by atoms with Crippen molar-refractivity contribution in [3.8, 4) is 11.5 Å². The highest BCUT2D eigenvalue weighted by Gasteiger charge is 2.08. The van der Waals surface area contributed by atoms with Crippen molar-refractivity contribution in [3.05, 3.63) is 48.7 Å². The number of pyridine rings is 1. The fourth-order valence-corrected chi connectivity index (χ4v) is 1.52. The summed E-state index contributed by atoms with van der Waals surface area (Å²) in [5, 5.41) is 0. The summed E-state index contributed by atoms with van der Waals surface area (Å²) in [6.45, 7) is 0. The fraction of sp³-hybridized carbons (Fsp3) is 0. The summed E-state index contributed by atoms with van der Waals surface area (Å²) in [6, 6.07) is 6.58. The van der Waals surface area contributed by atoms with E-state index < -0.39 is 0 Å². The number of rotatable bonds is 1. The summed E-state index contributed by atoms with van der Waals surface area (Å²) < 4.78 is 20.2. The molecule has 15 heavy (non-hydrogen) atoms. The standard InChI is InChI=1S/C11H7FN2O/c12-8-3-1-5-14-7-9(13-11(8)14)10-4-2-6-15-10/h1-7H. The molecule has 0 aromatic carbocycles. The van der Waals surface area contributed by atoms with E-state index in [1.807, 2.05) is 0 Å². The molecule has 4 heteroatoms. The Kier molecular flexibility index (Phi) is 1.62. The Bertz CT molecular complexity index is 598. The number of imidazole rings is 1. The highest BCUT2D eigenvalue weighted by atomic mass is 19.1. The molecule has 0 aliphatic rings. The van der Waals surface area contributed by atoms with Crippen molar-refractivity contribution >= 4 is 5.65 Å². The Morgan fingerprint density at radius 3 is 2.93 bits per heavy atom. The molecule has 3 nitrogen and oxygen atoms in total. The van der Waals surface area contributed by atoms with Crippen LogP contribution in [0.4, 0.5) is 4.39 Å². The van der Waals surface area contributed by atoms with Gasteiger partial charge in [0, 0.05) is 12.4 Å². The highest BCUT2D eigenvalue weighted by molar-refractivity contribution is 5.57. The van der Waals surface area contributed by atoms with Gasteiger partial charge in [0.25, 0.3) is 0 Å². The molecule has 0 saturated carbocycles. The van der Waals surface area contributed by atoms with Crippen molar-refractivity contribution in [1.82, 2.24) is 9.38 Å². The molecule has 0 radical (unpaired) electrons. The van der Waals surface area contributed by atoms with Gasteiger partial charge in [0.1, 0.15) is 5.69 Å². The van der Waals surface area contributed by atoms with Gasteiger partial charge in [-0.15, -0.1) is 0 Å². The van der Waals surface area contributed by atoms with Crippen LogP contribution in [0.5, 0.6) is 0 Å². The third-order valence-corrected chi connectivity index (χ3v) is 2.21. The minimum absolute atomic E-state index is 0.309. The SMILES string of the molecule is Fc1cccn2cc(-c3ccco3)nc12. The maximum absolute atomic E-state index is 13.3. The van der Waals surface area contributed by atoms with E-state index >= 15 is 0 Å². The molecule has 0 fully saturated rings. The molecule has 0 amide bonds. The topological polar surface area (TPSA) is 30.4 Å². The summed E-state index contributed by atoms with van der Waals surface area (Å²) >= 11 is 0. The smallest absolute Gasteiger partial charge is 0.173 e. The van der Waals surface area contributed by atoms with Crippen molar-refractivity contribution in [2.75, 3.05) is 0 Å². The predicted octanol–water partition coefficient (Wildman–Crippen LogP) is 2.73. The molecule has 3 aromatic rings.